The van der Waals surface area contributed by atoms with E-state index in [2.05, 4.69) is 35.0 Å². The van der Waals surface area contributed by atoms with E-state index < -0.39 is 0 Å². The van der Waals surface area contributed by atoms with Crippen molar-refractivity contribution in [3.8, 4) is 6.07 Å². The first kappa shape index (κ1) is 12.5. The van der Waals surface area contributed by atoms with E-state index in [1.54, 1.807) is 0 Å². The molecule has 0 aliphatic carbocycles. The Balaban J connectivity index is 1.78. The average molecular weight is 256 g/mol. The first-order chi connectivity index (χ1) is 9.17. The first-order valence-electron chi connectivity index (χ1n) is 6.86. The molecule has 0 saturated carbocycles. The third kappa shape index (κ3) is 2.32. The Labute approximate surface area is 114 Å². The molecule has 4 nitrogen and oxygen atoms in total. The molecular formula is C15H20N4. The van der Waals surface area contributed by atoms with E-state index in [-0.39, 0.29) is 0 Å². The van der Waals surface area contributed by atoms with Gasteiger partial charge in [0.15, 0.2) is 0 Å². The van der Waals surface area contributed by atoms with Gasteiger partial charge < -0.3 is 15.5 Å². The molecule has 0 radical (unpaired) electrons. The lowest BCUT2D eigenvalue weighted by Crippen LogP contribution is -2.62. The molecule has 1 aromatic rings. The van der Waals surface area contributed by atoms with Gasteiger partial charge in [-0.15, -0.1) is 0 Å². The summed E-state index contributed by atoms with van der Waals surface area (Å²) >= 11 is 0. The molecule has 2 aliphatic heterocycles. The second kappa shape index (κ2) is 4.84. The Morgan fingerprint density at radius 1 is 1.11 bits per heavy atom. The van der Waals surface area contributed by atoms with E-state index in [0.29, 0.717) is 17.9 Å². The van der Waals surface area contributed by atoms with Gasteiger partial charge in [0.2, 0.25) is 0 Å². The number of hydrogen-bond donors (Lipinski definition) is 1. The number of rotatable bonds is 1. The lowest BCUT2D eigenvalue weighted by Gasteiger charge is -2.49. The summed E-state index contributed by atoms with van der Waals surface area (Å²) in [6.45, 7) is 4.22. The molecule has 2 aliphatic rings. The molecule has 1 aromatic carbocycles. The van der Waals surface area contributed by atoms with Crippen molar-refractivity contribution in [1.29, 1.82) is 5.26 Å². The highest BCUT2D eigenvalue weighted by Gasteiger charge is 2.39. The summed E-state index contributed by atoms with van der Waals surface area (Å²) in [5.74, 6) is 1.10. The summed E-state index contributed by atoms with van der Waals surface area (Å²) in [7, 11) is 2.18. The van der Waals surface area contributed by atoms with Gasteiger partial charge in [-0.25, -0.2) is 0 Å². The molecule has 0 spiro atoms. The van der Waals surface area contributed by atoms with Crippen molar-refractivity contribution in [2.24, 2.45) is 17.6 Å². The maximum absolute atomic E-state index is 8.85. The van der Waals surface area contributed by atoms with E-state index in [4.69, 9.17) is 11.0 Å². The quantitative estimate of drug-likeness (QED) is 0.810. The van der Waals surface area contributed by atoms with Gasteiger partial charge in [-0.05, 0) is 31.3 Å². The fraction of sp³-hybridized carbons (Fsp3) is 0.533. The van der Waals surface area contributed by atoms with E-state index >= 15 is 0 Å². The summed E-state index contributed by atoms with van der Waals surface area (Å²) in [4.78, 5) is 4.82. The van der Waals surface area contributed by atoms with Crippen molar-refractivity contribution in [1.82, 2.24) is 4.90 Å². The van der Waals surface area contributed by atoms with Crippen LogP contribution >= 0.6 is 0 Å². The molecule has 19 heavy (non-hydrogen) atoms. The minimum Gasteiger partial charge on any atom is -0.371 e. The Morgan fingerprint density at radius 2 is 1.68 bits per heavy atom. The first-order valence-corrected chi connectivity index (χ1v) is 6.86. The highest BCUT2D eigenvalue weighted by atomic mass is 15.2. The number of benzene rings is 1. The molecule has 2 heterocycles. The van der Waals surface area contributed by atoms with Crippen LogP contribution in [0.15, 0.2) is 24.3 Å². The van der Waals surface area contributed by atoms with Crippen LogP contribution in [0.25, 0.3) is 0 Å². The highest BCUT2D eigenvalue weighted by Crippen LogP contribution is 2.30. The van der Waals surface area contributed by atoms with Crippen LogP contribution in [0.3, 0.4) is 0 Å². The van der Waals surface area contributed by atoms with Gasteiger partial charge in [0.1, 0.15) is 0 Å². The Morgan fingerprint density at radius 3 is 2.21 bits per heavy atom. The van der Waals surface area contributed by atoms with Gasteiger partial charge in [-0.3, -0.25) is 0 Å². The standard InChI is InChI=1S/C15H20N4/c1-18-7-12-9-19(10-13(8-18)15(12)17)14-4-2-11(6-16)3-5-14/h2-5,12-13,15H,7-10,17H2,1H3. The Kier molecular flexibility index (Phi) is 3.17. The van der Waals surface area contributed by atoms with Gasteiger partial charge in [0, 0.05) is 49.7 Å². The average Bonchev–Trinajstić information content (AvgIpc) is 2.40. The van der Waals surface area contributed by atoms with Crippen LogP contribution in [0.5, 0.6) is 0 Å². The van der Waals surface area contributed by atoms with Gasteiger partial charge in [-0.1, -0.05) is 0 Å². The van der Waals surface area contributed by atoms with Gasteiger partial charge >= 0.3 is 0 Å². The molecular weight excluding hydrogens is 236 g/mol. The third-order valence-corrected chi connectivity index (χ3v) is 4.45. The molecule has 2 unspecified atom stereocenters. The molecule has 3 rings (SSSR count). The third-order valence-electron chi connectivity index (χ3n) is 4.45. The second-order valence-electron chi connectivity index (χ2n) is 5.88. The van der Waals surface area contributed by atoms with Crippen LogP contribution in [-0.2, 0) is 0 Å². The molecule has 2 fully saturated rings. The SMILES string of the molecule is CN1CC2CN(c3ccc(C#N)cc3)CC(C1)C2N. The molecule has 2 atom stereocenters. The zero-order valence-electron chi connectivity index (χ0n) is 11.3. The predicted octanol–water partition coefficient (Wildman–Crippen LogP) is 0.883. The molecule has 0 amide bonds. The van der Waals surface area contributed by atoms with Crippen LogP contribution in [0.1, 0.15) is 5.56 Å². The number of likely N-dealkylation sites (tertiary alicyclic amines) is 1. The number of nitriles is 1. The number of fused-ring (bicyclic) bond motifs is 2. The maximum atomic E-state index is 8.85. The number of nitrogens with two attached hydrogens (primary N) is 1. The lowest BCUT2D eigenvalue weighted by atomic mass is 9.80. The van der Waals surface area contributed by atoms with Gasteiger partial charge in [0.25, 0.3) is 0 Å². The fourth-order valence-corrected chi connectivity index (χ4v) is 3.46. The van der Waals surface area contributed by atoms with Crippen LogP contribution in [0, 0.1) is 23.2 Å². The summed E-state index contributed by atoms with van der Waals surface area (Å²) in [5, 5.41) is 8.85. The number of hydrogen-bond acceptors (Lipinski definition) is 4. The van der Waals surface area contributed by atoms with E-state index in [1.807, 2.05) is 12.1 Å². The van der Waals surface area contributed by atoms with Crippen molar-refractivity contribution < 1.29 is 0 Å². The topological polar surface area (TPSA) is 56.3 Å². The van der Waals surface area contributed by atoms with E-state index in [1.165, 1.54) is 5.69 Å². The molecule has 4 heteroatoms. The summed E-state index contributed by atoms with van der Waals surface area (Å²) < 4.78 is 0. The van der Waals surface area contributed by atoms with Crippen molar-refractivity contribution >= 4 is 5.69 Å². The minimum absolute atomic E-state index is 0.339. The summed E-state index contributed by atoms with van der Waals surface area (Å²) in [6.07, 6.45) is 0. The van der Waals surface area contributed by atoms with Gasteiger partial charge in [-0.2, -0.15) is 5.26 Å². The summed E-state index contributed by atoms with van der Waals surface area (Å²) in [6, 6.07) is 10.4. The van der Waals surface area contributed by atoms with Crippen LogP contribution in [-0.4, -0.2) is 44.2 Å². The number of anilines is 1. The molecule has 100 valence electrons. The fourth-order valence-electron chi connectivity index (χ4n) is 3.46. The smallest absolute Gasteiger partial charge is 0.0991 e. The number of piperidine rings is 2. The monoisotopic (exact) mass is 256 g/mol. The highest BCUT2D eigenvalue weighted by molar-refractivity contribution is 5.50. The van der Waals surface area contributed by atoms with Crippen molar-refractivity contribution in [2.75, 3.05) is 38.1 Å². The molecule has 0 aromatic heterocycles. The predicted molar refractivity (Wildman–Crippen MR) is 75.8 cm³/mol. The van der Waals surface area contributed by atoms with E-state index in [0.717, 1.165) is 31.7 Å². The zero-order chi connectivity index (χ0) is 13.4. The number of nitrogens with zero attached hydrogens (tertiary/aromatic N) is 3. The van der Waals surface area contributed by atoms with Crippen LogP contribution in [0.4, 0.5) is 5.69 Å². The van der Waals surface area contributed by atoms with Crippen LogP contribution < -0.4 is 10.6 Å². The lowest BCUT2D eigenvalue weighted by molar-refractivity contribution is 0.107. The molecule has 2 bridgehead atoms. The van der Waals surface area contributed by atoms with Crippen molar-refractivity contribution in [2.45, 2.75) is 6.04 Å². The largest absolute Gasteiger partial charge is 0.371 e. The van der Waals surface area contributed by atoms with Gasteiger partial charge in [0.05, 0.1) is 11.6 Å². The molecule has 2 saturated heterocycles. The van der Waals surface area contributed by atoms with Crippen LogP contribution in [0.2, 0.25) is 0 Å². The zero-order valence-corrected chi connectivity index (χ0v) is 11.3. The van der Waals surface area contributed by atoms with Crippen molar-refractivity contribution in [3.05, 3.63) is 29.8 Å². The van der Waals surface area contributed by atoms with E-state index in [9.17, 15) is 0 Å². The normalized spacial score (nSPS) is 31.0. The minimum atomic E-state index is 0.339. The second-order valence-corrected chi connectivity index (χ2v) is 5.88. The Bertz CT molecular complexity index is 474. The summed E-state index contributed by atoms with van der Waals surface area (Å²) in [5.41, 5.74) is 8.27. The maximum Gasteiger partial charge on any atom is 0.0991 e. The Hall–Kier alpha value is -1.57. The molecule has 2 N–H and O–H groups in total. The van der Waals surface area contributed by atoms with Crippen molar-refractivity contribution in [3.63, 3.8) is 0 Å².